The molecule has 13 atom stereocenters. The number of ketones is 2. The summed E-state index contributed by atoms with van der Waals surface area (Å²) < 4.78 is 34.3. The van der Waals surface area contributed by atoms with Gasteiger partial charge in [-0.15, -0.1) is 0 Å². The number of benzene rings is 1. The van der Waals surface area contributed by atoms with Gasteiger partial charge in [-0.1, -0.05) is 98.2 Å². The van der Waals surface area contributed by atoms with E-state index in [2.05, 4.69) is 21.3 Å². The summed E-state index contributed by atoms with van der Waals surface area (Å²) in [5, 5.41) is 22.9. The number of imide groups is 1. The van der Waals surface area contributed by atoms with E-state index in [1.165, 1.54) is 38.3 Å². The van der Waals surface area contributed by atoms with Gasteiger partial charge in [0.05, 0.1) is 74.6 Å². The van der Waals surface area contributed by atoms with Crippen LogP contribution in [0.1, 0.15) is 183 Å². The van der Waals surface area contributed by atoms with E-state index in [0.29, 0.717) is 116 Å². The molecule has 26 nitrogen and oxygen atoms in total. The van der Waals surface area contributed by atoms with Crippen molar-refractivity contribution in [2.75, 3.05) is 88.1 Å². The Bertz CT molecular complexity index is 2880. The van der Waals surface area contributed by atoms with Crippen molar-refractivity contribution in [3.8, 4) is 0 Å². The second-order valence-corrected chi connectivity index (χ2v) is 28.2. The maximum Gasteiger partial charge on any atom is 0.410 e. The highest BCUT2D eigenvalue weighted by Gasteiger charge is 2.45. The topological polar surface area (TPSA) is 324 Å². The minimum absolute atomic E-state index is 0.0119. The van der Waals surface area contributed by atoms with E-state index in [-0.39, 0.29) is 93.0 Å². The molecule has 1 fully saturated rings. The molecular weight excluding hydrogens is 1300 g/mol. The lowest BCUT2D eigenvalue weighted by molar-refractivity contribution is -0.148. The van der Waals surface area contributed by atoms with Crippen LogP contribution < -0.4 is 21.3 Å². The molecule has 2 aliphatic heterocycles. The molecule has 0 saturated carbocycles. The highest BCUT2D eigenvalue weighted by atomic mass is 16.6. The lowest BCUT2D eigenvalue weighted by atomic mass is 9.78. The number of Topliss-reactive ketones (excluding diaryl/α,β-unsaturated/α-hetero) is 2. The van der Waals surface area contributed by atoms with Gasteiger partial charge in [-0.2, -0.15) is 0 Å². The Morgan fingerprint density at radius 3 is 2.04 bits per heavy atom. The summed E-state index contributed by atoms with van der Waals surface area (Å²) in [6.45, 7) is 18.8. The molecule has 0 radical (unpaired) electrons. The molecule has 0 spiro atoms. The van der Waals surface area contributed by atoms with Crippen molar-refractivity contribution in [2.24, 2.45) is 29.1 Å². The quantitative estimate of drug-likeness (QED) is 0.0256. The van der Waals surface area contributed by atoms with Gasteiger partial charge >= 0.3 is 6.09 Å². The number of unbranched alkanes of at least 4 members (excludes halogenated alkanes) is 1. The smallest absolute Gasteiger partial charge is 0.410 e. The second kappa shape index (κ2) is 44.5. The van der Waals surface area contributed by atoms with Crippen LogP contribution in [-0.4, -0.2) is 232 Å². The van der Waals surface area contributed by atoms with Gasteiger partial charge in [0.1, 0.15) is 24.0 Å². The molecule has 0 bridgehead atoms. The fourth-order valence-electron chi connectivity index (χ4n) is 13.4. The average molecular weight is 1420 g/mol. The Kier molecular flexibility index (Phi) is 38.1. The predicted octanol–water partition coefficient (Wildman–Crippen LogP) is 6.74. The van der Waals surface area contributed by atoms with Crippen molar-refractivity contribution in [1.82, 2.24) is 40.9 Å². The Morgan fingerprint density at radius 1 is 0.733 bits per heavy atom. The first-order chi connectivity index (χ1) is 48.0. The summed E-state index contributed by atoms with van der Waals surface area (Å²) in [5.74, 6) is -4.89. The van der Waals surface area contributed by atoms with E-state index in [0.717, 1.165) is 4.90 Å². The number of rotatable bonds is 46. The van der Waals surface area contributed by atoms with Crippen molar-refractivity contribution < 1.29 is 86.3 Å². The van der Waals surface area contributed by atoms with Crippen LogP contribution in [0.15, 0.2) is 54.6 Å². The number of carbonyl (C=O) groups is 11. The highest BCUT2D eigenvalue weighted by Crippen LogP contribution is 2.34. The summed E-state index contributed by atoms with van der Waals surface area (Å²) in [4.78, 5) is 154. The molecule has 568 valence electrons. The summed E-state index contributed by atoms with van der Waals surface area (Å²) in [7, 11) is 7.74. The maximum absolute atomic E-state index is 14.9. The molecule has 3 aliphatic rings. The molecule has 1 aliphatic carbocycles. The van der Waals surface area contributed by atoms with Crippen LogP contribution >= 0.6 is 0 Å². The molecule has 0 aromatic heterocycles. The summed E-state index contributed by atoms with van der Waals surface area (Å²) in [6.07, 6.45) is 8.36. The zero-order valence-corrected chi connectivity index (χ0v) is 62.6. The first-order valence-electron chi connectivity index (χ1n) is 36.4. The minimum Gasteiger partial charge on any atom is -0.442 e. The number of nitrogens with zero attached hydrogens (tertiary/aromatic N) is 4. The Hall–Kier alpha value is -6.97. The van der Waals surface area contributed by atoms with Crippen LogP contribution in [0.3, 0.4) is 0 Å². The molecule has 1 saturated heterocycles. The van der Waals surface area contributed by atoms with E-state index in [1.807, 2.05) is 58.9 Å². The second-order valence-electron chi connectivity index (χ2n) is 28.2. The Labute approximate surface area is 599 Å². The number of likely N-dealkylation sites (N-methyl/N-ethyl adjacent to an activating group) is 2. The molecule has 1 unspecified atom stereocenters. The first kappa shape index (κ1) is 86.4. The minimum atomic E-state index is -1.06. The number of hydrogen-bond donors (Lipinski definition) is 5. The standard InChI is InChI=1S/C75H120N8O18/c1-15-51(6)67(60(97-13)48-64(89)82-41-23-31-58(82)69(98-14)52(7)70(91)77-53(8)68(90)54-26-17-16-18-27-54)80(10)72(93)65(49(2)3)79-71(92)66(50(4)5)81(11)74(95)101-56-29-19-21-38-75(9,39-35-56)73(94)76-40-22-20-30-57(59(85)32-25-44-100-47-46-96-12)78-61(86)37-45-99-43-24-28-55(84)36-42-83-62(87)33-34-63(83)88/h16-19,26-27,29,33-34,49-53,56-58,60,65-69,90H,15,20-25,28,30-32,35-48H2,1-14H3,(H,76,94)(H,77,91)(H,78,86)(H,79,92)/b29-19+/t51-,52+,53+,56-,57?,58-,60+,65-,66-,67-,68+,69+,75+/m0/s1. The number of allylic oxidation sites excluding steroid dienone is 1. The fourth-order valence-corrected chi connectivity index (χ4v) is 13.4. The molecule has 2 heterocycles. The van der Waals surface area contributed by atoms with Gasteiger partial charge in [0.25, 0.3) is 11.8 Å². The van der Waals surface area contributed by atoms with E-state index in [4.69, 9.17) is 28.4 Å². The Morgan fingerprint density at radius 2 is 1.41 bits per heavy atom. The third kappa shape index (κ3) is 27.3. The number of methoxy groups -OCH3 is 3. The predicted molar refractivity (Wildman–Crippen MR) is 380 cm³/mol. The van der Waals surface area contributed by atoms with Gasteiger partial charge in [0, 0.05) is 112 Å². The average Bonchev–Trinajstić information content (AvgIpc) is 1.79. The van der Waals surface area contributed by atoms with Gasteiger partial charge in [-0.3, -0.25) is 57.7 Å². The zero-order chi connectivity index (χ0) is 74.9. The lowest BCUT2D eigenvalue weighted by Crippen LogP contribution is -2.60. The number of carbonyl (C=O) groups excluding carboxylic acids is 11. The monoisotopic (exact) mass is 1420 g/mol. The normalized spacial score (nSPS) is 20.3. The number of likely N-dealkylation sites (tertiary alicyclic amines) is 1. The lowest BCUT2D eigenvalue weighted by Gasteiger charge is -2.41. The molecule has 5 N–H and O–H groups in total. The summed E-state index contributed by atoms with van der Waals surface area (Å²) in [6, 6.07) is 4.54. The van der Waals surface area contributed by atoms with Gasteiger partial charge in [0.2, 0.25) is 35.4 Å². The van der Waals surface area contributed by atoms with E-state index in [1.54, 1.807) is 69.9 Å². The fraction of sp³-hybridized carbons (Fsp3) is 0.720. The van der Waals surface area contributed by atoms with Crippen LogP contribution in [0.2, 0.25) is 0 Å². The largest absolute Gasteiger partial charge is 0.442 e. The summed E-state index contributed by atoms with van der Waals surface area (Å²) >= 11 is 0. The number of aliphatic hydroxyl groups excluding tert-OH is 1. The molecule has 9 amide bonds. The Balaban J connectivity index is 1.31. The van der Waals surface area contributed by atoms with E-state index in [9.17, 15) is 57.8 Å². The molecule has 26 heteroatoms. The van der Waals surface area contributed by atoms with Gasteiger partial charge in [-0.05, 0) is 107 Å². The van der Waals surface area contributed by atoms with Gasteiger partial charge in [-0.25, -0.2) is 4.79 Å². The van der Waals surface area contributed by atoms with Crippen LogP contribution in [0.5, 0.6) is 0 Å². The zero-order valence-electron chi connectivity index (χ0n) is 62.6. The van der Waals surface area contributed by atoms with E-state index >= 15 is 0 Å². The number of hydrogen-bond acceptors (Lipinski definition) is 18. The first-order valence-corrected chi connectivity index (χ1v) is 36.4. The SMILES string of the molecule is CC[C@H](C)[C@@H]([C@@H](CC(=O)N1CCC[C@H]1[C@H](OC)[C@@H](C)C(=O)N[C@H](C)[C@@H](O)c1ccccc1)OC)N(C)C(=O)[C@@H](NC(=O)[C@H](C(C)C)N(C)C(=O)O[C@H]1/C=C/CC[C@@](C)(C(=O)NCCCCC(NC(=O)CCOCCCC(=O)CCN2C(=O)C=CC2=O)C(=O)CCCOCCOC)CC1)C(C)C. The number of aliphatic hydroxyl groups is 1. The third-order valence-corrected chi connectivity index (χ3v) is 19.9. The molecule has 1 aromatic carbocycles. The molecule has 4 rings (SSSR count). The summed E-state index contributed by atoms with van der Waals surface area (Å²) in [5.41, 5.74) is -0.159. The van der Waals surface area contributed by atoms with Crippen LogP contribution in [0.25, 0.3) is 0 Å². The highest BCUT2D eigenvalue weighted by molar-refractivity contribution is 6.13. The maximum atomic E-state index is 14.9. The van der Waals surface area contributed by atoms with Crippen LogP contribution in [0.4, 0.5) is 4.79 Å². The van der Waals surface area contributed by atoms with Gasteiger partial charge in [0.15, 0.2) is 5.78 Å². The van der Waals surface area contributed by atoms with Crippen molar-refractivity contribution in [2.45, 2.75) is 232 Å². The van der Waals surface area contributed by atoms with Crippen LogP contribution in [0, 0.1) is 29.1 Å². The van der Waals surface area contributed by atoms with Crippen molar-refractivity contribution in [3.63, 3.8) is 0 Å². The molecular formula is C75H120N8O18. The molecule has 1 aromatic rings. The van der Waals surface area contributed by atoms with Crippen molar-refractivity contribution in [3.05, 3.63) is 60.2 Å². The van der Waals surface area contributed by atoms with Crippen molar-refractivity contribution >= 4 is 64.9 Å². The number of nitrogens with one attached hydrogen (secondary N) is 4. The molecule has 101 heavy (non-hydrogen) atoms. The third-order valence-electron chi connectivity index (χ3n) is 19.9. The van der Waals surface area contributed by atoms with Gasteiger partial charge < -0.3 is 64.6 Å². The van der Waals surface area contributed by atoms with Crippen LogP contribution in [-0.2, 0) is 76.4 Å². The van der Waals surface area contributed by atoms with Crippen molar-refractivity contribution in [1.29, 1.82) is 0 Å². The van der Waals surface area contributed by atoms with E-state index < -0.39 is 114 Å². The number of ether oxygens (including phenoxy) is 6. The number of amides is 9.